The summed E-state index contributed by atoms with van der Waals surface area (Å²) in [7, 11) is 1.62. The molecule has 0 amide bonds. The van der Waals surface area contributed by atoms with E-state index in [1.54, 1.807) is 7.05 Å². The molecule has 84 valence electrons. The van der Waals surface area contributed by atoms with Crippen molar-refractivity contribution >= 4 is 11.8 Å². The summed E-state index contributed by atoms with van der Waals surface area (Å²) in [5.41, 5.74) is -0.0399. The lowest BCUT2D eigenvalue weighted by Gasteiger charge is -2.17. The molecule has 2 rings (SSSR count). The van der Waals surface area contributed by atoms with Gasteiger partial charge in [-0.15, -0.1) is 10.2 Å². The third kappa shape index (κ3) is 2.74. The highest BCUT2D eigenvalue weighted by molar-refractivity contribution is 7.99. The minimum Gasteiger partial charge on any atom is -0.380 e. The molecule has 0 radical (unpaired) electrons. The van der Waals surface area contributed by atoms with E-state index >= 15 is 0 Å². The van der Waals surface area contributed by atoms with Gasteiger partial charge in [-0.1, -0.05) is 4.79 Å². The molecule has 7 nitrogen and oxygen atoms in total. The van der Waals surface area contributed by atoms with Crippen molar-refractivity contribution in [3.63, 3.8) is 0 Å². The zero-order valence-corrected chi connectivity index (χ0v) is 9.07. The molecule has 15 heavy (non-hydrogen) atoms. The highest BCUT2D eigenvalue weighted by Crippen LogP contribution is 2.19. The predicted octanol–water partition coefficient (Wildman–Crippen LogP) is -1.06. The Kier molecular flexibility index (Phi) is 3.29. The Labute approximate surface area is 90.3 Å². The van der Waals surface area contributed by atoms with Crippen molar-refractivity contribution < 1.29 is 19.2 Å². The van der Waals surface area contributed by atoms with Crippen LogP contribution in [0.4, 0.5) is 0 Å². The van der Waals surface area contributed by atoms with Crippen LogP contribution in [0.1, 0.15) is 6.42 Å². The van der Waals surface area contributed by atoms with E-state index in [9.17, 15) is 0 Å². The zero-order valence-electron chi connectivity index (χ0n) is 8.25. The molecular formula is C7H12N4O3S. The van der Waals surface area contributed by atoms with E-state index in [0.29, 0.717) is 0 Å². The molecule has 0 aromatic carbocycles. The van der Waals surface area contributed by atoms with Crippen molar-refractivity contribution in [2.75, 3.05) is 23.7 Å². The van der Waals surface area contributed by atoms with Crippen LogP contribution < -0.4 is 20.8 Å². The normalized spacial score (nSPS) is 20.7. The molecule has 1 unspecified atom stereocenters. The maximum absolute atomic E-state index is 7.13. The van der Waals surface area contributed by atoms with Crippen LogP contribution in [-0.4, -0.2) is 24.7 Å². The minimum atomic E-state index is -0.0399. The Morgan fingerprint density at radius 3 is 3.27 bits per heavy atom. The standard InChI is InChI=1S/C7H12N4O3S/c1-10(11-4-7(8)12-9-11)14-13-6-2-3-15-5-6/h4,6,8H,2-3,5H2,1H3. The third-order valence-electron chi connectivity index (χ3n) is 1.92. The number of thioether (sulfide) groups is 1. The van der Waals surface area contributed by atoms with Crippen molar-refractivity contribution in [3.8, 4) is 0 Å². The van der Waals surface area contributed by atoms with Gasteiger partial charge in [-0.2, -0.15) is 11.8 Å². The Morgan fingerprint density at radius 1 is 1.80 bits per heavy atom. The fourth-order valence-corrected chi connectivity index (χ4v) is 2.20. The first-order valence-corrected chi connectivity index (χ1v) is 5.66. The largest absolute Gasteiger partial charge is 0.380 e. The first kappa shape index (κ1) is 10.5. The summed E-state index contributed by atoms with van der Waals surface area (Å²) < 4.78 is 4.56. The van der Waals surface area contributed by atoms with Gasteiger partial charge in [0, 0.05) is 12.8 Å². The zero-order chi connectivity index (χ0) is 10.7. The third-order valence-corrected chi connectivity index (χ3v) is 3.05. The highest BCUT2D eigenvalue weighted by atomic mass is 32.2. The molecule has 1 aliphatic rings. The lowest BCUT2D eigenvalue weighted by molar-refractivity contribution is -0.810. The van der Waals surface area contributed by atoms with Gasteiger partial charge in [-0.3, -0.25) is 5.41 Å². The lowest BCUT2D eigenvalue weighted by atomic mass is 10.3. The van der Waals surface area contributed by atoms with Crippen LogP contribution in [0, 0.1) is 5.41 Å². The maximum Gasteiger partial charge on any atom is 0.286 e. The van der Waals surface area contributed by atoms with Gasteiger partial charge in [-0.05, 0) is 17.4 Å². The first-order valence-electron chi connectivity index (χ1n) is 4.51. The number of aromatic nitrogens is 2. The van der Waals surface area contributed by atoms with E-state index in [1.807, 2.05) is 11.8 Å². The van der Waals surface area contributed by atoms with Crippen LogP contribution >= 0.6 is 11.8 Å². The highest BCUT2D eigenvalue weighted by Gasteiger charge is 2.18. The molecule has 1 aromatic heterocycles. The summed E-state index contributed by atoms with van der Waals surface area (Å²) in [5, 5.41) is 11.9. The average Bonchev–Trinajstić information content (AvgIpc) is 2.84. The van der Waals surface area contributed by atoms with Crippen LogP contribution in [0.25, 0.3) is 0 Å². The smallest absolute Gasteiger partial charge is 0.286 e. The van der Waals surface area contributed by atoms with Crippen LogP contribution in [0.2, 0.25) is 0 Å². The number of hydroxylamine groups is 1. The van der Waals surface area contributed by atoms with Crippen molar-refractivity contribution in [2.45, 2.75) is 12.5 Å². The molecular weight excluding hydrogens is 220 g/mol. The molecule has 1 atom stereocenters. The van der Waals surface area contributed by atoms with Gasteiger partial charge >= 0.3 is 0 Å². The molecule has 1 aromatic rings. The van der Waals surface area contributed by atoms with Crippen molar-refractivity contribution in [3.05, 3.63) is 11.8 Å². The number of nitrogens with one attached hydrogen (secondary N) is 1. The molecule has 2 heterocycles. The second kappa shape index (κ2) is 4.69. The van der Waals surface area contributed by atoms with E-state index in [2.05, 4.69) is 9.79 Å². The average molecular weight is 232 g/mol. The Hall–Kier alpha value is -0.990. The molecule has 0 spiro atoms. The van der Waals surface area contributed by atoms with Crippen LogP contribution in [-0.2, 0) is 9.88 Å². The number of hydrogen-bond donors (Lipinski definition) is 1. The second-order valence-corrected chi connectivity index (χ2v) is 4.26. The predicted molar refractivity (Wildman–Crippen MR) is 50.1 cm³/mol. The molecule has 8 heteroatoms. The van der Waals surface area contributed by atoms with Crippen LogP contribution in [0.3, 0.4) is 0 Å². The molecule has 1 saturated heterocycles. The molecule has 0 bridgehead atoms. The van der Waals surface area contributed by atoms with Crippen LogP contribution in [0.5, 0.6) is 0 Å². The van der Waals surface area contributed by atoms with Crippen molar-refractivity contribution in [2.24, 2.45) is 0 Å². The topological polar surface area (TPSA) is 76.7 Å². The van der Waals surface area contributed by atoms with E-state index < -0.39 is 0 Å². The quantitative estimate of drug-likeness (QED) is 0.405. The summed E-state index contributed by atoms with van der Waals surface area (Å²) in [5.74, 6) is 2.05. The summed E-state index contributed by atoms with van der Waals surface area (Å²) in [4.78, 5) is 11.4. The number of hydrogen-bond acceptors (Lipinski definition) is 6. The summed E-state index contributed by atoms with van der Waals surface area (Å²) >= 11 is 1.84. The van der Waals surface area contributed by atoms with Crippen molar-refractivity contribution in [1.82, 2.24) is 5.27 Å². The van der Waals surface area contributed by atoms with Gasteiger partial charge in [0.25, 0.3) is 11.8 Å². The summed E-state index contributed by atoms with van der Waals surface area (Å²) in [6.07, 6.45) is 2.48. The Morgan fingerprint density at radius 2 is 2.67 bits per heavy atom. The number of nitrogens with zero attached hydrogens (tertiary/aromatic N) is 3. The Bertz CT molecular complexity index is 359. The van der Waals surface area contributed by atoms with Crippen LogP contribution in [0.15, 0.2) is 10.7 Å². The van der Waals surface area contributed by atoms with E-state index in [4.69, 9.17) is 15.3 Å². The van der Waals surface area contributed by atoms with E-state index in [1.165, 1.54) is 16.2 Å². The monoisotopic (exact) mass is 232 g/mol. The Balaban J connectivity index is 1.81. The van der Waals surface area contributed by atoms with Gasteiger partial charge in [0.1, 0.15) is 6.10 Å². The molecule has 0 aliphatic carbocycles. The maximum atomic E-state index is 7.13. The van der Waals surface area contributed by atoms with Crippen molar-refractivity contribution in [1.29, 1.82) is 5.41 Å². The van der Waals surface area contributed by atoms with E-state index in [-0.39, 0.29) is 11.7 Å². The second-order valence-electron chi connectivity index (χ2n) is 3.11. The molecule has 1 aliphatic heterocycles. The molecule has 0 saturated carbocycles. The summed E-state index contributed by atoms with van der Waals surface area (Å²) in [6, 6.07) is 0. The number of rotatable bonds is 4. The minimum absolute atomic E-state index is 0.0399. The fraction of sp³-hybridized carbons (Fsp3) is 0.714. The van der Waals surface area contributed by atoms with E-state index in [0.717, 1.165) is 17.9 Å². The molecule has 1 fully saturated rings. The SMILES string of the molecule is CN(OOC1CCSC1)[n+]1cc(=N)o[n-]1. The van der Waals surface area contributed by atoms with Gasteiger partial charge in [0.05, 0.1) is 0 Å². The van der Waals surface area contributed by atoms with Gasteiger partial charge < -0.3 is 4.52 Å². The van der Waals surface area contributed by atoms with Gasteiger partial charge in [0.15, 0.2) is 0 Å². The first-order chi connectivity index (χ1) is 7.25. The fourth-order valence-electron chi connectivity index (χ4n) is 1.12. The van der Waals surface area contributed by atoms with Gasteiger partial charge in [-0.25, -0.2) is 4.89 Å². The summed E-state index contributed by atoms with van der Waals surface area (Å²) in [6.45, 7) is 0. The molecule has 1 N–H and O–H groups in total. The lowest BCUT2D eigenvalue weighted by Crippen LogP contribution is -2.57. The van der Waals surface area contributed by atoms with Gasteiger partial charge in [0.2, 0.25) is 0 Å².